The van der Waals surface area contributed by atoms with Gasteiger partial charge in [-0.3, -0.25) is 4.79 Å². The molecule has 1 aromatic heterocycles. The van der Waals surface area contributed by atoms with Gasteiger partial charge < -0.3 is 15.0 Å². The Hall–Kier alpha value is -2.14. The molecule has 0 fully saturated rings. The highest BCUT2D eigenvalue weighted by Crippen LogP contribution is 2.21. The van der Waals surface area contributed by atoms with Crippen molar-refractivity contribution in [2.24, 2.45) is 0 Å². The summed E-state index contributed by atoms with van der Waals surface area (Å²) >= 11 is 0. The standard InChI is InChI=1S/C17H21FN2O2/c1-11-10-16(17(22)19-9-8-12(2)21)13(3)20(11)15-6-4-14(18)5-7-15/h4-7,10,12,21H,8-9H2,1-3H3,(H,19,22). The van der Waals surface area contributed by atoms with Crippen LogP contribution in [-0.2, 0) is 0 Å². The van der Waals surface area contributed by atoms with Crippen LogP contribution in [0.4, 0.5) is 4.39 Å². The molecule has 22 heavy (non-hydrogen) atoms. The number of carbonyl (C=O) groups excluding carboxylic acids is 1. The number of hydrogen-bond donors (Lipinski definition) is 2. The Bertz CT molecular complexity index is 660. The molecular weight excluding hydrogens is 283 g/mol. The molecular formula is C17H21FN2O2. The Morgan fingerprint density at radius 1 is 1.32 bits per heavy atom. The van der Waals surface area contributed by atoms with Crippen LogP contribution in [0.5, 0.6) is 0 Å². The van der Waals surface area contributed by atoms with E-state index in [0.717, 1.165) is 17.1 Å². The molecule has 0 aliphatic rings. The van der Waals surface area contributed by atoms with Crippen LogP contribution in [0.15, 0.2) is 30.3 Å². The Labute approximate surface area is 129 Å². The summed E-state index contributed by atoms with van der Waals surface area (Å²) in [6, 6.07) is 7.98. The lowest BCUT2D eigenvalue weighted by Gasteiger charge is -2.10. The number of rotatable bonds is 5. The highest BCUT2D eigenvalue weighted by molar-refractivity contribution is 5.95. The summed E-state index contributed by atoms with van der Waals surface area (Å²) in [5, 5.41) is 12.0. The second-order valence-electron chi connectivity index (χ2n) is 5.49. The highest BCUT2D eigenvalue weighted by atomic mass is 19.1. The van der Waals surface area contributed by atoms with Gasteiger partial charge in [-0.05, 0) is 57.5 Å². The average molecular weight is 304 g/mol. The van der Waals surface area contributed by atoms with Crippen molar-refractivity contribution in [2.75, 3.05) is 6.54 Å². The molecule has 2 N–H and O–H groups in total. The third-order valence-corrected chi connectivity index (χ3v) is 3.61. The quantitative estimate of drug-likeness (QED) is 0.892. The van der Waals surface area contributed by atoms with Gasteiger partial charge in [-0.2, -0.15) is 0 Å². The monoisotopic (exact) mass is 304 g/mol. The zero-order valence-corrected chi connectivity index (χ0v) is 13.1. The first-order valence-corrected chi connectivity index (χ1v) is 7.31. The molecule has 0 saturated heterocycles. The third-order valence-electron chi connectivity index (χ3n) is 3.61. The van der Waals surface area contributed by atoms with Gasteiger partial charge in [0.05, 0.1) is 11.7 Å². The van der Waals surface area contributed by atoms with E-state index in [4.69, 9.17) is 0 Å². The summed E-state index contributed by atoms with van der Waals surface area (Å²) in [7, 11) is 0. The van der Waals surface area contributed by atoms with E-state index in [9.17, 15) is 14.3 Å². The molecule has 1 unspecified atom stereocenters. The van der Waals surface area contributed by atoms with Crippen LogP contribution in [0.1, 0.15) is 35.1 Å². The summed E-state index contributed by atoms with van der Waals surface area (Å²) in [6.45, 7) is 5.88. The molecule has 118 valence electrons. The van der Waals surface area contributed by atoms with E-state index in [-0.39, 0.29) is 11.7 Å². The molecule has 4 nitrogen and oxygen atoms in total. The first kappa shape index (κ1) is 16.2. The minimum atomic E-state index is -0.438. The normalized spacial score (nSPS) is 12.2. The van der Waals surface area contributed by atoms with E-state index >= 15 is 0 Å². The fraction of sp³-hybridized carbons (Fsp3) is 0.353. The van der Waals surface area contributed by atoms with Crippen molar-refractivity contribution in [3.63, 3.8) is 0 Å². The molecule has 0 aliphatic heterocycles. The maximum atomic E-state index is 13.0. The van der Waals surface area contributed by atoms with Crippen LogP contribution in [0, 0.1) is 19.7 Å². The van der Waals surface area contributed by atoms with Gasteiger partial charge in [0, 0.05) is 23.6 Å². The number of aliphatic hydroxyl groups is 1. The zero-order chi connectivity index (χ0) is 16.3. The Kier molecular flexibility index (Phi) is 4.98. The van der Waals surface area contributed by atoms with Crippen molar-refractivity contribution in [1.29, 1.82) is 0 Å². The van der Waals surface area contributed by atoms with Gasteiger partial charge in [0.25, 0.3) is 5.91 Å². The van der Waals surface area contributed by atoms with Gasteiger partial charge in [0.15, 0.2) is 0 Å². The zero-order valence-electron chi connectivity index (χ0n) is 13.1. The Balaban J connectivity index is 2.23. The molecule has 0 saturated carbocycles. The number of aromatic nitrogens is 1. The number of amides is 1. The fourth-order valence-electron chi connectivity index (χ4n) is 2.47. The van der Waals surface area contributed by atoms with Gasteiger partial charge in [-0.25, -0.2) is 4.39 Å². The predicted octanol–water partition coefficient (Wildman–Crippen LogP) is 2.73. The largest absolute Gasteiger partial charge is 0.393 e. The second kappa shape index (κ2) is 6.75. The van der Waals surface area contributed by atoms with E-state index in [1.54, 1.807) is 19.1 Å². The van der Waals surface area contributed by atoms with Crippen LogP contribution in [0.25, 0.3) is 5.69 Å². The smallest absolute Gasteiger partial charge is 0.253 e. The fourth-order valence-corrected chi connectivity index (χ4v) is 2.47. The summed E-state index contributed by atoms with van der Waals surface area (Å²) in [5.41, 5.74) is 3.12. The maximum Gasteiger partial charge on any atom is 0.253 e. The molecule has 0 radical (unpaired) electrons. The molecule has 0 bridgehead atoms. The second-order valence-corrected chi connectivity index (χ2v) is 5.49. The minimum Gasteiger partial charge on any atom is -0.393 e. The maximum absolute atomic E-state index is 13.0. The highest BCUT2D eigenvalue weighted by Gasteiger charge is 2.16. The number of hydrogen-bond acceptors (Lipinski definition) is 2. The SMILES string of the molecule is Cc1cc(C(=O)NCCC(C)O)c(C)n1-c1ccc(F)cc1. The number of nitrogens with zero attached hydrogens (tertiary/aromatic N) is 1. The van der Waals surface area contributed by atoms with E-state index in [0.29, 0.717) is 18.5 Å². The van der Waals surface area contributed by atoms with Crippen LogP contribution in [0.2, 0.25) is 0 Å². The summed E-state index contributed by atoms with van der Waals surface area (Å²) in [6.07, 6.45) is 0.0783. The molecule has 1 atom stereocenters. The molecule has 0 spiro atoms. The molecule has 1 amide bonds. The van der Waals surface area contributed by atoms with Crippen LogP contribution in [0.3, 0.4) is 0 Å². The van der Waals surface area contributed by atoms with E-state index in [1.807, 2.05) is 24.5 Å². The van der Waals surface area contributed by atoms with Crippen LogP contribution in [-0.4, -0.2) is 28.2 Å². The van der Waals surface area contributed by atoms with Crippen LogP contribution >= 0.6 is 0 Å². The minimum absolute atomic E-state index is 0.165. The molecule has 2 aromatic rings. The summed E-state index contributed by atoms with van der Waals surface area (Å²) < 4.78 is 15.0. The number of carbonyl (C=O) groups is 1. The average Bonchev–Trinajstić information content (AvgIpc) is 2.75. The lowest BCUT2D eigenvalue weighted by molar-refractivity contribution is 0.0945. The Morgan fingerprint density at radius 2 is 1.95 bits per heavy atom. The van der Waals surface area contributed by atoms with Crippen molar-refractivity contribution in [1.82, 2.24) is 9.88 Å². The third kappa shape index (κ3) is 3.54. The Morgan fingerprint density at radius 3 is 2.55 bits per heavy atom. The molecule has 0 aliphatic carbocycles. The molecule has 1 heterocycles. The van der Waals surface area contributed by atoms with Crippen LogP contribution < -0.4 is 5.32 Å². The van der Waals surface area contributed by atoms with E-state index in [1.165, 1.54) is 12.1 Å². The molecule has 1 aromatic carbocycles. The number of nitrogens with one attached hydrogen (secondary N) is 1. The van der Waals surface area contributed by atoms with Crippen molar-refractivity contribution >= 4 is 5.91 Å². The predicted molar refractivity (Wildman–Crippen MR) is 83.8 cm³/mol. The van der Waals surface area contributed by atoms with Gasteiger partial charge >= 0.3 is 0 Å². The van der Waals surface area contributed by atoms with Gasteiger partial charge in [0.2, 0.25) is 0 Å². The van der Waals surface area contributed by atoms with E-state index in [2.05, 4.69) is 5.32 Å². The number of aryl methyl sites for hydroxylation is 1. The summed E-state index contributed by atoms with van der Waals surface area (Å²) in [4.78, 5) is 12.2. The lowest BCUT2D eigenvalue weighted by atomic mass is 10.2. The van der Waals surface area contributed by atoms with Gasteiger partial charge in [-0.15, -0.1) is 0 Å². The van der Waals surface area contributed by atoms with Crippen molar-refractivity contribution in [3.05, 3.63) is 53.1 Å². The summed E-state index contributed by atoms with van der Waals surface area (Å²) in [5.74, 6) is -0.454. The van der Waals surface area contributed by atoms with Crippen molar-refractivity contribution in [3.8, 4) is 5.69 Å². The van der Waals surface area contributed by atoms with Gasteiger partial charge in [-0.1, -0.05) is 0 Å². The number of aliphatic hydroxyl groups excluding tert-OH is 1. The number of halogens is 1. The van der Waals surface area contributed by atoms with Gasteiger partial charge in [0.1, 0.15) is 5.82 Å². The molecule has 5 heteroatoms. The first-order valence-electron chi connectivity index (χ1n) is 7.31. The van der Waals surface area contributed by atoms with Crippen molar-refractivity contribution in [2.45, 2.75) is 33.3 Å². The van der Waals surface area contributed by atoms with Crippen molar-refractivity contribution < 1.29 is 14.3 Å². The number of benzene rings is 1. The van der Waals surface area contributed by atoms with E-state index < -0.39 is 6.10 Å². The lowest BCUT2D eigenvalue weighted by Crippen LogP contribution is -2.26. The topological polar surface area (TPSA) is 54.3 Å². The first-order chi connectivity index (χ1) is 10.4. The molecule has 2 rings (SSSR count).